The number of amides is 1. The summed E-state index contributed by atoms with van der Waals surface area (Å²) in [5.74, 6) is -0.863. The van der Waals surface area contributed by atoms with Crippen LogP contribution < -0.4 is 5.43 Å². The minimum atomic E-state index is -4.53. The van der Waals surface area contributed by atoms with Crippen molar-refractivity contribution in [2.75, 3.05) is 0 Å². The summed E-state index contributed by atoms with van der Waals surface area (Å²) in [6.45, 7) is 1.75. The molecular formula is C16H13F3N2O2. The summed E-state index contributed by atoms with van der Waals surface area (Å²) in [5.41, 5.74) is 2.29. The van der Waals surface area contributed by atoms with Crippen LogP contribution in [0, 0.1) is 6.92 Å². The molecule has 0 saturated heterocycles. The van der Waals surface area contributed by atoms with Gasteiger partial charge in [0.25, 0.3) is 5.91 Å². The van der Waals surface area contributed by atoms with Crippen molar-refractivity contribution in [1.29, 1.82) is 0 Å². The second kappa shape index (κ2) is 6.51. The minimum Gasteiger partial charge on any atom is -0.507 e. The van der Waals surface area contributed by atoms with Gasteiger partial charge in [-0.05, 0) is 36.8 Å². The lowest BCUT2D eigenvalue weighted by molar-refractivity contribution is -0.137. The van der Waals surface area contributed by atoms with Crippen molar-refractivity contribution < 1.29 is 23.1 Å². The number of hydrogen-bond donors (Lipinski definition) is 2. The van der Waals surface area contributed by atoms with Gasteiger partial charge in [-0.3, -0.25) is 4.79 Å². The Kier molecular flexibility index (Phi) is 4.68. The molecule has 0 aromatic heterocycles. The molecule has 120 valence electrons. The lowest BCUT2D eigenvalue weighted by Crippen LogP contribution is -2.18. The second-order valence-corrected chi connectivity index (χ2v) is 4.79. The maximum atomic E-state index is 12.6. The summed E-state index contributed by atoms with van der Waals surface area (Å²) in [7, 11) is 0. The van der Waals surface area contributed by atoms with Crippen LogP contribution in [0.25, 0.3) is 0 Å². The molecule has 0 aliphatic carbocycles. The van der Waals surface area contributed by atoms with E-state index >= 15 is 0 Å². The van der Waals surface area contributed by atoms with E-state index in [1.54, 1.807) is 31.2 Å². The van der Waals surface area contributed by atoms with E-state index in [4.69, 9.17) is 0 Å². The van der Waals surface area contributed by atoms with Gasteiger partial charge in [0.05, 0.1) is 11.8 Å². The quantitative estimate of drug-likeness (QED) is 0.671. The fourth-order valence-electron chi connectivity index (χ4n) is 1.88. The number of halogens is 3. The van der Waals surface area contributed by atoms with Gasteiger partial charge < -0.3 is 5.11 Å². The third-order valence-corrected chi connectivity index (χ3v) is 3.11. The normalized spacial score (nSPS) is 11.7. The molecule has 4 nitrogen and oxygen atoms in total. The predicted molar refractivity (Wildman–Crippen MR) is 79.3 cm³/mol. The van der Waals surface area contributed by atoms with E-state index in [1.165, 1.54) is 0 Å². The van der Waals surface area contributed by atoms with Crippen LogP contribution in [0.4, 0.5) is 13.2 Å². The highest BCUT2D eigenvalue weighted by Crippen LogP contribution is 2.31. The summed E-state index contributed by atoms with van der Waals surface area (Å²) in [5, 5.41) is 13.1. The van der Waals surface area contributed by atoms with Gasteiger partial charge in [0.2, 0.25) is 0 Å². The molecule has 0 radical (unpaired) electrons. The fourth-order valence-corrected chi connectivity index (χ4v) is 1.88. The number of aryl methyl sites for hydroxylation is 1. The fraction of sp³-hybridized carbons (Fsp3) is 0.125. The largest absolute Gasteiger partial charge is 0.507 e. The van der Waals surface area contributed by atoms with E-state index in [2.05, 4.69) is 10.5 Å². The zero-order chi connectivity index (χ0) is 17.0. The summed E-state index contributed by atoms with van der Waals surface area (Å²) in [6, 6.07) is 9.24. The van der Waals surface area contributed by atoms with Gasteiger partial charge >= 0.3 is 6.18 Å². The summed E-state index contributed by atoms with van der Waals surface area (Å²) < 4.78 is 37.9. The first-order valence-corrected chi connectivity index (χ1v) is 6.58. The molecule has 2 aromatic rings. The second-order valence-electron chi connectivity index (χ2n) is 4.79. The Morgan fingerprint density at radius 3 is 2.57 bits per heavy atom. The number of carbonyl (C=O) groups is 1. The number of alkyl halides is 3. The number of hydrazone groups is 1. The standard InChI is InChI=1S/C16H13F3N2O2/c1-10-4-2-3-5-13(10)15(23)21-20-9-11-8-12(16(17,18)19)6-7-14(11)22/h2-9,22H,1H3,(H,21,23)/b20-9+. The highest BCUT2D eigenvalue weighted by molar-refractivity contribution is 5.96. The molecule has 0 bridgehead atoms. The molecule has 2 aromatic carbocycles. The van der Waals surface area contributed by atoms with E-state index in [9.17, 15) is 23.1 Å². The van der Waals surface area contributed by atoms with Crippen LogP contribution in [-0.2, 0) is 6.18 Å². The molecule has 0 saturated carbocycles. The van der Waals surface area contributed by atoms with Crippen molar-refractivity contribution in [3.63, 3.8) is 0 Å². The van der Waals surface area contributed by atoms with Gasteiger partial charge in [-0.2, -0.15) is 18.3 Å². The molecule has 0 atom stereocenters. The van der Waals surface area contributed by atoms with Crippen LogP contribution in [-0.4, -0.2) is 17.2 Å². The maximum absolute atomic E-state index is 12.6. The Morgan fingerprint density at radius 1 is 1.22 bits per heavy atom. The molecule has 0 unspecified atom stereocenters. The molecule has 0 aliphatic rings. The number of nitrogens with one attached hydrogen (secondary N) is 1. The Labute approximate surface area is 130 Å². The average Bonchev–Trinajstić information content (AvgIpc) is 2.48. The van der Waals surface area contributed by atoms with E-state index in [1.807, 2.05) is 0 Å². The molecule has 0 fully saturated rings. The van der Waals surface area contributed by atoms with E-state index < -0.39 is 17.6 Å². The smallest absolute Gasteiger partial charge is 0.416 e. The summed E-state index contributed by atoms with van der Waals surface area (Å²) in [6.07, 6.45) is -3.57. The Bertz CT molecular complexity index is 755. The molecule has 7 heteroatoms. The molecule has 0 aliphatic heterocycles. The summed E-state index contributed by atoms with van der Waals surface area (Å²) in [4.78, 5) is 11.9. The van der Waals surface area contributed by atoms with Crippen molar-refractivity contribution in [3.05, 3.63) is 64.7 Å². The van der Waals surface area contributed by atoms with Gasteiger partial charge in [0.15, 0.2) is 0 Å². The van der Waals surface area contributed by atoms with Crippen molar-refractivity contribution >= 4 is 12.1 Å². The zero-order valence-corrected chi connectivity index (χ0v) is 12.1. The minimum absolute atomic E-state index is 0.148. The van der Waals surface area contributed by atoms with Crippen molar-refractivity contribution in [2.45, 2.75) is 13.1 Å². The van der Waals surface area contributed by atoms with Gasteiger partial charge in [-0.15, -0.1) is 0 Å². The van der Waals surface area contributed by atoms with E-state index in [0.29, 0.717) is 5.56 Å². The first-order valence-electron chi connectivity index (χ1n) is 6.58. The number of benzene rings is 2. The Hall–Kier alpha value is -2.83. The number of carbonyl (C=O) groups excluding carboxylic acids is 1. The highest BCUT2D eigenvalue weighted by Gasteiger charge is 2.30. The van der Waals surface area contributed by atoms with E-state index in [-0.39, 0.29) is 11.3 Å². The first kappa shape index (κ1) is 16.5. The average molecular weight is 322 g/mol. The molecule has 0 heterocycles. The molecule has 2 rings (SSSR count). The Balaban J connectivity index is 2.15. The molecule has 23 heavy (non-hydrogen) atoms. The van der Waals surface area contributed by atoms with Gasteiger partial charge in [0, 0.05) is 11.1 Å². The number of nitrogens with zero attached hydrogens (tertiary/aromatic N) is 1. The lowest BCUT2D eigenvalue weighted by atomic mass is 10.1. The third kappa shape index (κ3) is 4.09. The van der Waals surface area contributed by atoms with Crippen LogP contribution in [0.2, 0.25) is 0 Å². The number of hydrogen-bond acceptors (Lipinski definition) is 3. The topological polar surface area (TPSA) is 61.7 Å². The molecular weight excluding hydrogens is 309 g/mol. The van der Waals surface area contributed by atoms with Gasteiger partial charge in [0.1, 0.15) is 5.75 Å². The van der Waals surface area contributed by atoms with Crippen molar-refractivity contribution in [1.82, 2.24) is 5.43 Å². The monoisotopic (exact) mass is 322 g/mol. The number of aromatic hydroxyl groups is 1. The highest BCUT2D eigenvalue weighted by atomic mass is 19.4. The summed E-state index contributed by atoms with van der Waals surface area (Å²) >= 11 is 0. The van der Waals surface area contributed by atoms with Crippen LogP contribution in [0.3, 0.4) is 0 Å². The number of phenols is 1. The zero-order valence-electron chi connectivity index (χ0n) is 12.1. The van der Waals surface area contributed by atoms with Crippen molar-refractivity contribution in [3.8, 4) is 5.75 Å². The third-order valence-electron chi connectivity index (χ3n) is 3.11. The predicted octanol–water partition coefficient (Wildman–Crippen LogP) is 3.48. The molecule has 0 spiro atoms. The lowest BCUT2D eigenvalue weighted by Gasteiger charge is -2.08. The molecule has 1 amide bonds. The van der Waals surface area contributed by atoms with E-state index in [0.717, 1.165) is 30.0 Å². The SMILES string of the molecule is Cc1ccccc1C(=O)N/N=C/c1cc(C(F)(F)F)ccc1O. The molecule has 2 N–H and O–H groups in total. The van der Waals surface area contributed by atoms with Crippen LogP contribution in [0.1, 0.15) is 27.0 Å². The van der Waals surface area contributed by atoms with Crippen LogP contribution in [0.5, 0.6) is 5.75 Å². The number of rotatable bonds is 3. The van der Waals surface area contributed by atoms with Gasteiger partial charge in [-0.25, -0.2) is 5.43 Å². The van der Waals surface area contributed by atoms with Gasteiger partial charge in [-0.1, -0.05) is 18.2 Å². The number of phenolic OH excluding ortho intramolecular Hbond substituents is 1. The first-order chi connectivity index (χ1) is 10.8. The Morgan fingerprint density at radius 2 is 1.91 bits per heavy atom. The van der Waals surface area contributed by atoms with Crippen LogP contribution >= 0.6 is 0 Å². The van der Waals surface area contributed by atoms with Crippen molar-refractivity contribution in [2.24, 2.45) is 5.10 Å². The maximum Gasteiger partial charge on any atom is 0.416 e. The van der Waals surface area contributed by atoms with Crippen LogP contribution in [0.15, 0.2) is 47.6 Å².